The molecule has 1 aliphatic heterocycles. The molecule has 4 heteroatoms. The van der Waals surface area contributed by atoms with Gasteiger partial charge in [0.1, 0.15) is 10.4 Å². The fourth-order valence-corrected chi connectivity index (χ4v) is 2.23. The zero-order valence-electron chi connectivity index (χ0n) is 8.00. The van der Waals surface area contributed by atoms with Crippen LogP contribution in [0.5, 0.6) is 0 Å². The van der Waals surface area contributed by atoms with Crippen LogP contribution in [0.4, 0.5) is 0 Å². The summed E-state index contributed by atoms with van der Waals surface area (Å²) in [5, 5.41) is 0. The van der Waals surface area contributed by atoms with Gasteiger partial charge in [0.25, 0.3) is 0 Å². The smallest absolute Gasteiger partial charge is 0.126 e. The van der Waals surface area contributed by atoms with Crippen molar-refractivity contribution in [3.63, 3.8) is 0 Å². The van der Waals surface area contributed by atoms with Gasteiger partial charge < -0.3 is 4.57 Å². The van der Waals surface area contributed by atoms with Crippen LogP contribution in [0.1, 0.15) is 24.7 Å². The Hall–Kier alpha value is -0.350. The molecule has 1 aliphatic rings. The third kappa shape index (κ3) is 1.53. The molecule has 2 rings (SSSR count). The van der Waals surface area contributed by atoms with Crippen LogP contribution in [0, 0.1) is 0 Å². The normalized spacial score (nSPS) is 24.1. The number of rotatable bonds is 1. The van der Waals surface area contributed by atoms with Crippen molar-refractivity contribution in [1.29, 1.82) is 0 Å². The Morgan fingerprint density at radius 2 is 2.31 bits per heavy atom. The Morgan fingerprint density at radius 3 is 2.77 bits per heavy atom. The van der Waals surface area contributed by atoms with Crippen LogP contribution >= 0.6 is 15.9 Å². The Bertz CT molecular complexity index is 308. The van der Waals surface area contributed by atoms with Gasteiger partial charge in [-0.25, -0.2) is 4.98 Å². The Morgan fingerprint density at radius 1 is 1.54 bits per heavy atom. The summed E-state index contributed by atoms with van der Waals surface area (Å²) in [6.07, 6.45) is 4.39. The van der Waals surface area contributed by atoms with Gasteiger partial charge in [-0.1, -0.05) is 0 Å². The van der Waals surface area contributed by atoms with Gasteiger partial charge in [-0.15, -0.1) is 0 Å². The molecule has 0 spiro atoms. The van der Waals surface area contributed by atoms with Gasteiger partial charge >= 0.3 is 0 Å². The molecular formula is C9H14BrN3. The van der Waals surface area contributed by atoms with Crippen molar-refractivity contribution in [2.45, 2.75) is 18.9 Å². The first kappa shape index (κ1) is 9.21. The molecule has 0 saturated carbocycles. The highest BCUT2D eigenvalue weighted by Crippen LogP contribution is 2.30. The number of hydrogen-bond acceptors (Lipinski definition) is 2. The summed E-state index contributed by atoms with van der Waals surface area (Å²) in [5.74, 6) is 1.17. The van der Waals surface area contributed by atoms with Crippen molar-refractivity contribution < 1.29 is 0 Å². The Kier molecular flexibility index (Phi) is 2.43. The van der Waals surface area contributed by atoms with Crippen molar-refractivity contribution in [3.05, 3.63) is 16.6 Å². The van der Waals surface area contributed by atoms with Gasteiger partial charge in [0.2, 0.25) is 0 Å². The SMILES string of the molecule is CN1CCC[C@H]1c1ncc(Br)n1C. The molecule has 1 aromatic heterocycles. The highest BCUT2D eigenvalue weighted by molar-refractivity contribution is 9.10. The van der Waals surface area contributed by atoms with Crippen LogP contribution in [0.2, 0.25) is 0 Å². The van der Waals surface area contributed by atoms with Crippen LogP contribution < -0.4 is 0 Å². The van der Waals surface area contributed by atoms with Gasteiger partial charge in [0, 0.05) is 7.05 Å². The molecule has 13 heavy (non-hydrogen) atoms. The summed E-state index contributed by atoms with van der Waals surface area (Å²) in [4.78, 5) is 6.79. The lowest BCUT2D eigenvalue weighted by atomic mass is 10.2. The average Bonchev–Trinajstić information content (AvgIpc) is 2.62. The van der Waals surface area contributed by atoms with Crippen molar-refractivity contribution >= 4 is 15.9 Å². The van der Waals surface area contributed by atoms with Crippen LogP contribution in [-0.4, -0.2) is 28.0 Å². The van der Waals surface area contributed by atoms with Crippen LogP contribution in [-0.2, 0) is 7.05 Å². The Labute approximate surface area is 86.9 Å². The van der Waals surface area contributed by atoms with E-state index in [1.54, 1.807) is 0 Å². The van der Waals surface area contributed by atoms with Crippen LogP contribution in [0.15, 0.2) is 10.8 Å². The van der Waals surface area contributed by atoms with E-state index in [0.29, 0.717) is 6.04 Å². The van der Waals surface area contributed by atoms with E-state index >= 15 is 0 Å². The molecular weight excluding hydrogens is 230 g/mol. The number of hydrogen-bond donors (Lipinski definition) is 0. The maximum Gasteiger partial charge on any atom is 0.126 e. The summed E-state index contributed by atoms with van der Waals surface area (Å²) >= 11 is 3.47. The number of aromatic nitrogens is 2. The molecule has 1 atom stereocenters. The highest BCUT2D eigenvalue weighted by Gasteiger charge is 2.26. The monoisotopic (exact) mass is 243 g/mol. The predicted molar refractivity (Wildman–Crippen MR) is 55.5 cm³/mol. The lowest BCUT2D eigenvalue weighted by Crippen LogP contribution is -2.20. The quantitative estimate of drug-likeness (QED) is 0.752. The summed E-state index contributed by atoms with van der Waals surface area (Å²) in [6, 6.07) is 0.510. The average molecular weight is 244 g/mol. The van der Waals surface area contributed by atoms with Crippen molar-refractivity contribution in [1.82, 2.24) is 14.5 Å². The zero-order valence-corrected chi connectivity index (χ0v) is 9.58. The molecule has 0 unspecified atom stereocenters. The van der Waals surface area contributed by atoms with E-state index in [-0.39, 0.29) is 0 Å². The number of halogens is 1. The molecule has 1 aromatic rings. The second kappa shape index (κ2) is 3.42. The highest BCUT2D eigenvalue weighted by atomic mass is 79.9. The number of nitrogens with zero attached hydrogens (tertiary/aromatic N) is 3. The van der Waals surface area contributed by atoms with Crippen molar-refractivity contribution in [2.75, 3.05) is 13.6 Å². The molecule has 1 fully saturated rings. The van der Waals surface area contributed by atoms with E-state index in [1.807, 2.05) is 6.20 Å². The predicted octanol–water partition coefficient (Wildman–Crippen LogP) is 1.95. The molecule has 3 nitrogen and oxygen atoms in total. The van der Waals surface area contributed by atoms with Crippen LogP contribution in [0.25, 0.3) is 0 Å². The summed E-state index contributed by atoms with van der Waals surface area (Å²) in [5.41, 5.74) is 0. The largest absolute Gasteiger partial charge is 0.325 e. The molecule has 1 saturated heterocycles. The molecule has 0 N–H and O–H groups in total. The minimum absolute atomic E-state index is 0.510. The standard InChI is InChI=1S/C9H14BrN3/c1-12-5-3-4-7(12)9-11-6-8(10)13(9)2/h6-7H,3-5H2,1-2H3/t7-/m0/s1. The summed E-state index contributed by atoms with van der Waals surface area (Å²) in [7, 11) is 4.22. The third-order valence-electron chi connectivity index (χ3n) is 2.79. The molecule has 0 amide bonds. The van der Waals surface area contributed by atoms with Crippen molar-refractivity contribution in [3.8, 4) is 0 Å². The molecule has 2 heterocycles. The van der Waals surface area contributed by atoms with Gasteiger partial charge in [0.15, 0.2) is 0 Å². The van der Waals surface area contributed by atoms with E-state index in [0.717, 1.165) is 4.60 Å². The topological polar surface area (TPSA) is 21.1 Å². The summed E-state index contributed by atoms with van der Waals surface area (Å²) in [6.45, 7) is 1.19. The van der Waals surface area contributed by atoms with Crippen LogP contribution in [0.3, 0.4) is 0 Å². The second-order valence-corrected chi connectivity index (χ2v) is 4.45. The third-order valence-corrected chi connectivity index (χ3v) is 3.52. The molecule has 0 radical (unpaired) electrons. The van der Waals surface area contributed by atoms with Crippen molar-refractivity contribution in [2.24, 2.45) is 7.05 Å². The Balaban J connectivity index is 2.29. The maximum atomic E-state index is 4.42. The number of likely N-dealkylation sites (tertiary alicyclic amines) is 1. The minimum atomic E-state index is 0.510. The first-order valence-electron chi connectivity index (χ1n) is 4.57. The van der Waals surface area contributed by atoms with E-state index in [9.17, 15) is 0 Å². The van der Waals surface area contributed by atoms with Gasteiger partial charge in [-0.05, 0) is 42.4 Å². The lowest BCUT2D eigenvalue weighted by molar-refractivity contribution is 0.300. The first-order chi connectivity index (χ1) is 6.20. The van der Waals surface area contributed by atoms with E-state index in [4.69, 9.17) is 0 Å². The lowest BCUT2D eigenvalue weighted by Gasteiger charge is -2.18. The molecule has 72 valence electrons. The maximum absolute atomic E-state index is 4.42. The zero-order chi connectivity index (χ0) is 9.42. The van der Waals surface area contributed by atoms with Gasteiger partial charge in [-0.3, -0.25) is 4.90 Å². The number of imidazole rings is 1. The molecule has 0 bridgehead atoms. The fraction of sp³-hybridized carbons (Fsp3) is 0.667. The van der Waals surface area contributed by atoms with E-state index in [1.165, 1.54) is 25.2 Å². The minimum Gasteiger partial charge on any atom is -0.325 e. The summed E-state index contributed by atoms with van der Waals surface area (Å²) < 4.78 is 3.18. The first-order valence-corrected chi connectivity index (χ1v) is 5.37. The van der Waals surface area contributed by atoms with E-state index < -0.39 is 0 Å². The fourth-order valence-electron chi connectivity index (χ4n) is 1.95. The van der Waals surface area contributed by atoms with E-state index in [2.05, 4.69) is 44.5 Å². The molecule has 0 aliphatic carbocycles. The second-order valence-electron chi connectivity index (χ2n) is 3.64. The van der Waals surface area contributed by atoms with Gasteiger partial charge in [0.05, 0.1) is 12.2 Å². The molecule has 0 aromatic carbocycles. The van der Waals surface area contributed by atoms with Gasteiger partial charge in [-0.2, -0.15) is 0 Å².